The van der Waals surface area contributed by atoms with E-state index in [2.05, 4.69) is 10.2 Å². The summed E-state index contributed by atoms with van der Waals surface area (Å²) in [5.74, 6) is -3.13. The van der Waals surface area contributed by atoms with Crippen molar-refractivity contribution in [1.82, 2.24) is 9.88 Å². The van der Waals surface area contributed by atoms with Crippen molar-refractivity contribution >= 4 is 34.2 Å². The third-order valence-corrected chi connectivity index (χ3v) is 5.45. The summed E-state index contributed by atoms with van der Waals surface area (Å²) >= 11 is 0. The van der Waals surface area contributed by atoms with Gasteiger partial charge in [0.05, 0.1) is 35.9 Å². The third-order valence-electron chi connectivity index (χ3n) is 5.45. The van der Waals surface area contributed by atoms with E-state index in [1.807, 2.05) is 5.32 Å². The number of aromatic nitrogens is 1. The highest BCUT2D eigenvalue weighted by molar-refractivity contribution is 6.07. The van der Waals surface area contributed by atoms with Crippen molar-refractivity contribution in [3.63, 3.8) is 0 Å². The van der Waals surface area contributed by atoms with E-state index in [0.717, 1.165) is 16.7 Å². The molecule has 4 N–H and O–H groups in total. The average Bonchev–Trinajstić information content (AvgIpc) is 2.80. The van der Waals surface area contributed by atoms with Crippen molar-refractivity contribution in [1.29, 1.82) is 0 Å². The number of aliphatic carboxylic acids is 1. The molecule has 0 bridgehead atoms. The van der Waals surface area contributed by atoms with Crippen LogP contribution < -0.4 is 16.2 Å². The number of anilines is 1. The molecule has 1 aliphatic rings. The molecule has 0 aliphatic carbocycles. The van der Waals surface area contributed by atoms with Gasteiger partial charge in [-0.2, -0.15) is 13.2 Å². The van der Waals surface area contributed by atoms with Crippen LogP contribution in [0.25, 0.3) is 15.7 Å². The molecular formula is C22H15F3N4O5. The van der Waals surface area contributed by atoms with E-state index in [0.29, 0.717) is 5.56 Å². The van der Waals surface area contributed by atoms with E-state index in [1.165, 1.54) is 24.3 Å². The number of carboxylic acids is 1. The first-order valence-corrected chi connectivity index (χ1v) is 9.76. The molecule has 0 saturated carbocycles. The van der Waals surface area contributed by atoms with Gasteiger partial charge in [0, 0.05) is 5.39 Å². The minimum absolute atomic E-state index is 0.0702. The highest BCUT2D eigenvalue weighted by Gasteiger charge is 2.32. The van der Waals surface area contributed by atoms with Crippen molar-refractivity contribution in [3.05, 3.63) is 74.9 Å². The minimum Gasteiger partial charge on any atom is -0.506 e. The number of hydrogen-bond acceptors (Lipinski definition) is 5. The first kappa shape index (κ1) is 22.7. The molecule has 0 radical (unpaired) electrons. The standard InChI is InChI=1S/C22H15F3N4O5/c1-26-13-7-6-12-18-17(13)28-14(10-2-4-11(5-3-10)22(23,24)25)9-29(18)21(34)16(19(12)32)20(33)27-8-15(30)31/h2-7,14,28,32H,8-9H2,(H,27,33)(H,30,31). The molecule has 0 saturated heterocycles. The van der Waals surface area contributed by atoms with Crippen LogP contribution in [-0.4, -0.2) is 33.2 Å². The van der Waals surface area contributed by atoms with E-state index < -0.39 is 53.1 Å². The van der Waals surface area contributed by atoms with Crippen molar-refractivity contribution in [2.75, 3.05) is 11.9 Å². The van der Waals surface area contributed by atoms with Gasteiger partial charge in [-0.15, -0.1) is 0 Å². The fraction of sp³-hybridized carbons (Fsp3) is 0.182. The Bertz CT molecular complexity index is 1440. The Kier molecular flexibility index (Phi) is 5.40. The number of benzene rings is 2. The van der Waals surface area contributed by atoms with Crippen molar-refractivity contribution in [2.24, 2.45) is 0 Å². The Morgan fingerprint density at radius 2 is 1.88 bits per heavy atom. The lowest BCUT2D eigenvalue weighted by Crippen LogP contribution is -2.38. The van der Waals surface area contributed by atoms with Gasteiger partial charge in [0.15, 0.2) is 0 Å². The zero-order valence-electron chi connectivity index (χ0n) is 17.1. The maximum Gasteiger partial charge on any atom is 0.416 e. The number of aromatic hydroxyl groups is 1. The largest absolute Gasteiger partial charge is 0.506 e. The fourth-order valence-electron chi connectivity index (χ4n) is 3.88. The monoisotopic (exact) mass is 472 g/mol. The maximum absolute atomic E-state index is 13.2. The van der Waals surface area contributed by atoms with Gasteiger partial charge in [-0.3, -0.25) is 14.4 Å². The number of carbonyl (C=O) groups is 2. The predicted molar refractivity (Wildman–Crippen MR) is 114 cm³/mol. The summed E-state index contributed by atoms with van der Waals surface area (Å²) < 4.78 is 40.0. The summed E-state index contributed by atoms with van der Waals surface area (Å²) in [4.78, 5) is 39.9. The molecule has 2 aromatic carbocycles. The first-order chi connectivity index (χ1) is 16.0. The molecule has 1 atom stereocenters. The molecule has 34 heavy (non-hydrogen) atoms. The van der Waals surface area contributed by atoms with Crippen LogP contribution in [0.2, 0.25) is 0 Å². The first-order valence-electron chi connectivity index (χ1n) is 9.76. The summed E-state index contributed by atoms with van der Waals surface area (Å²) in [6.45, 7) is 6.51. The van der Waals surface area contributed by atoms with Crippen molar-refractivity contribution < 1.29 is 33.0 Å². The van der Waals surface area contributed by atoms with Crippen LogP contribution in [0.1, 0.15) is 27.5 Å². The van der Waals surface area contributed by atoms with Gasteiger partial charge in [-0.05, 0) is 17.7 Å². The van der Waals surface area contributed by atoms with Crippen LogP contribution in [0.15, 0.2) is 41.2 Å². The molecule has 1 amide bonds. The quantitative estimate of drug-likeness (QED) is 0.432. The lowest BCUT2D eigenvalue weighted by Gasteiger charge is -2.30. The molecule has 174 valence electrons. The van der Waals surface area contributed by atoms with Gasteiger partial charge in [-0.1, -0.05) is 24.3 Å². The van der Waals surface area contributed by atoms with E-state index in [9.17, 15) is 32.7 Å². The van der Waals surface area contributed by atoms with E-state index >= 15 is 0 Å². The van der Waals surface area contributed by atoms with Gasteiger partial charge in [0.2, 0.25) is 5.69 Å². The fourth-order valence-corrected chi connectivity index (χ4v) is 3.88. The Balaban J connectivity index is 1.87. The van der Waals surface area contributed by atoms with Gasteiger partial charge in [0.25, 0.3) is 11.5 Å². The molecule has 1 aromatic heterocycles. The van der Waals surface area contributed by atoms with Gasteiger partial charge < -0.3 is 25.4 Å². The second-order valence-electron chi connectivity index (χ2n) is 7.50. The number of pyridine rings is 1. The molecule has 0 spiro atoms. The lowest BCUT2D eigenvalue weighted by atomic mass is 9.99. The van der Waals surface area contributed by atoms with E-state index in [4.69, 9.17) is 11.7 Å². The summed E-state index contributed by atoms with van der Waals surface area (Å²) in [5.41, 5.74) is -1.65. The summed E-state index contributed by atoms with van der Waals surface area (Å²) in [6.07, 6.45) is -4.53. The SMILES string of the molecule is [C-]#[N+]c1ccc2c(O)c(C(=O)NCC(=O)O)c(=O)n3c2c1NC(c1ccc(C(F)(F)F)cc1)C3. The van der Waals surface area contributed by atoms with Crippen molar-refractivity contribution in [3.8, 4) is 5.75 Å². The number of carbonyl (C=O) groups excluding carboxylic acids is 1. The second-order valence-corrected chi connectivity index (χ2v) is 7.50. The van der Waals surface area contributed by atoms with Crippen LogP contribution in [0.3, 0.4) is 0 Å². The number of alkyl halides is 3. The van der Waals surface area contributed by atoms with Gasteiger partial charge in [-0.25, -0.2) is 4.85 Å². The number of halogens is 3. The number of rotatable bonds is 4. The molecule has 2 heterocycles. The average molecular weight is 472 g/mol. The zero-order valence-corrected chi connectivity index (χ0v) is 17.1. The highest BCUT2D eigenvalue weighted by Crippen LogP contribution is 2.42. The molecule has 1 unspecified atom stereocenters. The molecule has 12 heteroatoms. The molecule has 1 aliphatic heterocycles. The number of carboxylic acid groups (broad SMARTS) is 1. The van der Waals surface area contributed by atoms with Crippen LogP contribution in [0.4, 0.5) is 24.5 Å². The van der Waals surface area contributed by atoms with Gasteiger partial charge >= 0.3 is 12.1 Å². The van der Waals surface area contributed by atoms with Gasteiger partial charge in [0.1, 0.15) is 17.9 Å². The number of amides is 1. The number of nitrogens with one attached hydrogen (secondary N) is 2. The zero-order chi connectivity index (χ0) is 24.8. The molecule has 3 aromatic rings. The van der Waals surface area contributed by atoms with Crippen LogP contribution >= 0.6 is 0 Å². The Morgan fingerprint density at radius 3 is 2.47 bits per heavy atom. The Hall–Kier alpha value is -4.53. The summed E-state index contributed by atoms with van der Waals surface area (Å²) in [6, 6.07) is 6.26. The molecule has 4 rings (SSSR count). The summed E-state index contributed by atoms with van der Waals surface area (Å²) in [5, 5.41) is 24.6. The molecule has 9 nitrogen and oxygen atoms in total. The predicted octanol–water partition coefficient (Wildman–Crippen LogP) is 3.26. The second kappa shape index (κ2) is 8.11. The Morgan fingerprint density at radius 1 is 1.21 bits per heavy atom. The van der Waals surface area contributed by atoms with Crippen LogP contribution in [-0.2, 0) is 17.5 Å². The minimum atomic E-state index is -4.53. The molecular weight excluding hydrogens is 457 g/mol. The van der Waals surface area contributed by atoms with Crippen LogP contribution in [0, 0.1) is 6.57 Å². The number of hydrogen-bond donors (Lipinski definition) is 4. The van der Waals surface area contributed by atoms with E-state index in [1.54, 1.807) is 0 Å². The van der Waals surface area contributed by atoms with Crippen molar-refractivity contribution in [2.45, 2.75) is 18.8 Å². The summed E-state index contributed by atoms with van der Waals surface area (Å²) in [7, 11) is 0. The third kappa shape index (κ3) is 3.77. The normalized spacial score (nSPS) is 14.8. The molecule has 0 fully saturated rings. The van der Waals surface area contributed by atoms with Crippen LogP contribution in [0.5, 0.6) is 5.75 Å². The highest BCUT2D eigenvalue weighted by atomic mass is 19.4. The Labute approximate surface area is 188 Å². The smallest absolute Gasteiger partial charge is 0.416 e. The number of nitrogens with zero attached hydrogens (tertiary/aromatic N) is 2. The maximum atomic E-state index is 13.2. The topological polar surface area (TPSA) is 125 Å². The lowest BCUT2D eigenvalue weighted by molar-refractivity contribution is -0.138. The van der Waals surface area contributed by atoms with E-state index in [-0.39, 0.29) is 28.8 Å².